The first-order chi connectivity index (χ1) is 13.5. The van der Waals surface area contributed by atoms with E-state index in [2.05, 4.69) is 10.6 Å². The normalized spacial score (nSPS) is 17.9. The van der Waals surface area contributed by atoms with Gasteiger partial charge in [0, 0.05) is 0 Å². The van der Waals surface area contributed by atoms with Crippen LogP contribution in [0.3, 0.4) is 0 Å². The third-order valence-corrected chi connectivity index (χ3v) is 5.44. The van der Waals surface area contributed by atoms with Crippen LogP contribution in [0.2, 0.25) is 0 Å². The molecule has 1 aromatic carbocycles. The fraction of sp³-hybridized carbons (Fsp3) is 0.500. The molecule has 1 aliphatic carbocycles. The van der Waals surface area contributed by atoms with E-state index in [9.17, 15) is 14.4 Å². The summed E-state index contributed by atoms with van der Waals surface area (Å²) in [5.74, 6) is 0.342. The summed E-state index contributed by atoms with van der Waals surface area (Å²) in [5, 5.41) is 4.13. The summed E-state index contributed by atoms with van der Waals surface area (Å²) in [5.41, 5.74) is 1.56. The Balaban J connectivity index is 1.49. The standard InChI is InChI=1S/C22H28N2O4/c1-15-13-17(14-18-20(25)23-22(27)24-21(18)26)10-11-19(15)28-12-6-5-9-16-7-3-2-4-8-16/h10-11,13-14,16H,2-9,12H2,1H3,(H2,23,24,25,26,27). The highest BCUT2D eigenvalue weighted by atomic mass is 16.5. The summed E-state index contributed by atoms with van der Waals surface area (Å²) in [6, 6.07) is 4.72. The van der Waals surface area contributed by atoms with Crippen LogP contribution < -0.4 is 15.4 Å². The molecule has 2 fully saturated rings. The highest BCUT2D eigenvalue weighted by Crippen LogP contribution is 2.28. The number of amides is 4. The van der Waals surface area contributed by atoms with Gasteiger partial charge in [-0.05, 0) is 55.0 Å². The van der Waals surface area contributed by atoms with Gasteiger partial charge >= 0.3 is 6.03 Å². The van der Waals surface area contributed by atoms with Crippen molar-refractivity contribution < 1.29 is 19.1 Å². The first-order valence-corrected chi connectivity index (χ1v) is 10.1. The van der Waals surface area contributed by atoms with Crippen molar-refractivity contribution in [3.05, 3.63) is 34.9 Å². The molecule has 0 unspecified atom stereocenters. The number of rotatable bonds is 7. The van der Waals surface area contributed by atoms with E-state index in [1.165, 1.54) is 51.0 Å². The Bertz CT molecular complexity index is 757. The van der Waals surface area contributed by atoms with Gasteiger partial charge in [-0.25, -0.2) is 4.79 Å². The Labute approximate surface area is 165 Å². The average Bonchev–Trinajstić information content (AvgIpc) is 2.66. The van der Waals surface area contributed by atoms with Crippen molar-refractivity contribution in [2.75, 3.05) is 6.61 Å². The Morgan fingerprint density at radius 2 is 1.75 bits per heavy atom. The maximum atomic E-state index is 11.8. The SMILES string of the molecule is Cc1cc(C=C2C(=O)NC(=O)NC2=O)ccc1OCCCCC1CCCCC1. The van der Waals surface area contributed by atoms with Gasteiger partial charge in [-0.1, -0.05) is 44.6 Å². The molecule has 6 heteroatoms. The number of hydrogen-bond acceptors (Lipinski definition) is 4. The molecular formula is C22H28N2O4. The molecule has 0 radical (unpaired) electrons. The predicted octanol–water partition coefficient (Wildman–Crippen LogP) is 3.87. The highest BCUT2D eigenvalue weighted by molar-refractivity contribution is 6.31. The van der Waals surface area contributed by atoms with E-state index in [0.717, 1.165) is 23.7 Å². The molecule has 1 heterocycles. The lowest BCUT2D eigenvalue weighted by Crippen LogP contribution is -2.51. The molecular weight excluding hydrogens is 356 g/mol. The number of barbiturate groups is 1. The minimum atomic E-state index is -0.796. The van der Waals surface area contributed by atoms with Gasteiger partial charge in [-0.3, -0.25) is 20.2 Å². The smallest absolute Gasteiger partial charge is 0.328 e. The van der Waals surface area contributed by atoms with Gasteiger partial charge in [0.15, 0.2) is 0 Å². The number of unbranched alkanes of at least 4 members (excludes halogenated alkanes) is 1. The van der Waals surface area contributed by atoms with Crippen molar-refractivity contribution in [1.82, 2.24) is 10.6 Å². The molecule has 0 spiro atoms. The van der Waals surface area contributed by atoms with Crippen LogP contribution in [0, 0.1) is 12.8 Å². The van der Waals surface area contributed by atoms with E-state index >= 15 is 0 Å². The van der Waals surface area contributed by atoms with Gasteiger partial charge in [0.25, 0.3) is 11.8 Å². The molecule has 0 atom stereocenters. The molecule has 28 heavy (non-hydrogen) atoms. The number of aryl methyl sites for hydroxylation is 1. The number of imide groups is 2. The van der Waals surface area contributed by atoms with Crippen molar-refractivity contribution in [2.24, 2.45) is 5.92 Å². The van der Waals surface area contributed by atoms with E-state index in [1.807, 2.05) is 19.1 Å². The molecule has 1 aliphatic heterocycles. The fourth-order valence-corrected chi connectivity index (χ4v) is 3.89. The molecule has 2 aliphatic rings. The molecule has 0 bridgehead atoms. The number of hydrogen-bond donors (Lipinski definition) is 2. The lowest BCUT2D eigenvalue weighted by atomic mass is 9.86. The van der Waals surface area contributed by atoms with Crippen LogP contribution in [-0.4, -0.2) is 24.5 Å². The molecule has 150 valence electrons. The predicted molar refractivity (Wildman–Crippen MR) is 107 cm³/mol. The zero-order chi connectivity index (χ0) is 19.9. The molecule has 2 N–H and O–H groups in total. The number of carbonyl (C=O) groups is 3. The monoisotopic (exact) mass is 384 g/mol. The topological polar surface area (TPSA) is 84.5 Å². The van der Waals surface area contributed by atoms with Crippen molar-refractivity contribution in [1.29, 1.82) is 0 Å². The Kier molecular flexibility index (Phi) is 6.85. The van der Waals surface area contributed by atoms with Crippen molar-refractivity contribution >= 4 is 23.9 Å². The highest BCUT2D eigenvalue weighted by Gasteiger charge is 2.27. The van der Waals surface area contributed by atoms with Gasteiger partial charge in [-0.2, -0.15) is 0 Å². The number of nitrogens with one attached hydrogen (secondary N) is 2. The zero-order valence-corrected chi connectivity index (χ0v) is 16.4. The summed E-state index contributed by atoms with van der Waals surface area (Å²) in [6.45, 7) is 2.63. The first kappa shape index (κ1) is 20.1. The summed E-state index contributed by atoms with van der Waals surface area (Å²) >= 11 is 0. The molecule has 1 aromatic rings. The van der Waals surface area contributed by atoms with E-state index in [-0.39, 0.29) is 5.57 Å². The van der Waals surface area contributed by atoms with Gasteiger partial charge in [-0.15, -0.1) is 0 Å². The summed E-state index contributed by atoms with van der Waals surface area (Å²) in [4.78, 5) is 34.7. The number of urea groups is 1. The molecule has 0 aromatic heterocycles. The Hall–Kier alpha value is -2.63. The second-order valence-corrected chi connectivity index (χ2v) is 7.67. The molecule has 1 saturated carbocycles. The van der Waals surface area contributed by atoms with Crippen LogP contribution in [0.1, 0.15) is 62.5 Å². The molecule has 3 rings (SSSR count). The van der Waals surface area contributed by atoms with E-state index < -0.39 is 17.8 Å². The number of carbonyl (C=O) groups excluding carboxylic acids is 3. The largest absolute Gasteiger partial charge is 0.493 e. The Morgan fingerprint density at radius 1 is 1.04 bits per heavy atom. The van der Waals surface area contributed by atoms with Crippen LogP contribution in [0.25, 0.3) is 6.08 Å². The number of benzene rings is 1. The minimum absolute atomic E-state index is 0.0876. The summed E-state index contributed by atoms with van der Waals surface area (Å²) < 4.78 is 5.90. The van der Waals surface area contributed by atoms with Crippen molar-refractivity contribution in [3.63, 3.8) is 0 Å². The van der Waals surface area contributed by atoms with Gasteiger partial charge in [0.05, 0.1) is 6.61 Å². The third kappa shape index (κ3) is 5.44. The van der Waals surface area contributed by atoms with Crippen molar-refractivity contribution in [3.8, 4) is 5.75 Å². The Morgan fingerprint density at radius 3 is 2.43 bits per heavy atom. The summed E-state index contributed by atoms with van der Waals surface area (Å²) in [7, 11) is 0. The van der Waals surface area contributed by atoms with Crippen LogP contribution >= 0.6 is 0 Å². The second-order valence-electron chi connectivity index (χ2n) is 7.67. The van der Waals surface area contributed by atoms with E-state index in [1.54, 1.807) is 6.07 Å². The minimum Gasteiger partial charge on any atom is -0.493 e. The van der Waals surface area contributed by atoms with Gasteiger partial charge in [0.2, 0.25) is 0 Å². The third-order valence-electron chi connectivity index (χ3n) is 5.44. The number of ether oxygens (including phenoxy) is 1. The molecule has 4 amide bonds. The maximum absolute atomic E-state index is 11.8. The van der Waals surface area contributed by atoms with Crippen LogP contribution in [0.15, 0.2) is 23.8 Å². The first-order valence-electron chi connectivity index (χ1n) is 10.1. The maximum Gasteiger partial charge on any atom is 0.328 e. The lowest BCUT2D eigenvalue weighted by Gasteiger charge is -2.21. The van der Waals surface area contributed by atoms with Crippen molar-refractivity contribution in [2.45, 2.75) is 58.3 Å². The zero-order valence-electron chi connectivity index (χ0n) is 16.4. The molecule has 6 nitrogen and oxygen atoms in total. The summed E-state index contributed by atoms with van der Waals surface area (Å²) in [6.07, 6.45) is 12.0. The van der Waals surface area contributed by atoms with Crippen LogP contribution in [-0.2, 0) is 9.59 Å². The fourth-order valence-electron chi connectivity index (χ4n) is 3.89. The molecule has 1 saturated heterocycles. The second kappa shape index (κ2) is 9.53. The van der Waals surface area contributed by atoms with Crippen LogP contribution in [0.4, 0.5) is 4.79 Å². The van der Waals surface area contributed by atoms with Gasteiger partial charge < -0.3 is 4.74 Å². The average molecular weight is 384 g/mol. The quantitative estimate of drug-likeness (QED) is 0.424. The van der Waals surface area contributed by atoms with Gasteiger partial charge in [0.1, 0.15) is 11.3 Å². The van der Waals surface area contributed by atoms with E-state index in [0.29, 0.717) is 12.2 Å². The van der Waals surface area contributed by atoms with Crippen LogP contribution in [0.5, 0.6) is 5.75 Å². The van der Waals surface area contributed by atoms with E-state index in [4.69, 9.17) is 4.74 Å². The lowest BCUT2D eigenvalue weighted by molar-refractivity contribution is -0.123.